The van der Waals surface area contributed by atoms with Crippen molar-refractivity contribution >= 4 is 23.5 Å². The fourth-order valence-electron chi connectivity index (χ4n) is 1.73. The van der Waals surface area contributed by atoms with Crippen LogP contribution in [0, 0.1) is 0 Å². The molecule has 0 saturated carbocycles. The molecule has 2 unspecified atom stereocenters. The van der Waals surface area contributed by atoms with E-state index in [0.717, 1.165) is 29.4 Å². The van der Waals surface area contributed by atoms with Gasteiger partial charge in [-0.05, 0) is 25.0 Å². The average molecular weight is 340 g/mol. The molecule has 0 aliphatic heterocycles. The molecule has 0 aliphatic rings. The molecule has 1 rings (SSSR count). The Labute approximate surface area is 142 Å². The van der Waals surface area contributed by atoms with Crippen molar-refractivity contribution in [1.29, 1.82) is 0 Å². The van der Waals surface area contributed by atoms with Crippen LogP contribution in [0.4, 0.5) is 0 Å². The first-order chi connectivity index (χ1) is 10.7. The minimum Gasteiger partial charge on any atom is -0.498 e. The Morgan fingerprint density at radius 2 is 1.68 bits per heavy atom. The third-order valence-corrected chi connectivity index (χ3v) is 5.50. The van der Waals surface area contributed by atoms with Crippen LogP contribution in [0.3, 0.4) is 0 Å². The highest BCUT2D eigenvalue weighted by Gasteiger charge is 2.12. The fourth-order valence-corrected chi connectivity index (χ4v) is 4.12. The maximum Gasteiger partial charge on any atom is 0.110 e. The fraction of sp³-hybridized carbons (Fsp3) is 0.471. The maximum atomic E-state index is 5.49. The summed E-state index contributed by atoms with van der Waals surface area (Å²) in [6, 6.07) is 4.08. The number of pyridine rings is 1. The Bertz CT molecular complexity index is 413. The van der Waals surface area contributed by atoms with Gasteiger partial charge in [0.2, 0.25) is 0 Å². The van der Waals surface area contributed by atoms with Gasteiger partial charge in [-0.3, -0.25) is 0 Å². The predicted molar refractivity (Wildman–Crippen MR) is 96.4 cm³/mol. The molecule has 1 aromatic rings. The van der Waals surface area contributed by atoms with Gasteiger partial charge in [0.25, 0.3) is 0 Å². The first-order valence-corrected chi connectivity index (χ1v) is 9.45. The summed E-state index contributed by atoms with van der Waals surface area (Å²) in [5.74, 6) is 1.76. The van der Waals surface area contributed by atoms with Crippen LogP contribution in [0.25, 0.3) is 0 Å². The van der Waals surface area contributed by atoms with Crippen molar-refractivity contribution in [3.63, 3.8) is 0 Å². The van der Waals surface area contributed by atoms with Gasteiger partial charge in [0.1, 0.15) is 17.2 Å². The van der Waals surface area contributed by atoms with E-state index >= 15 is 0 Å². The highest BCUT2D eigenvalue weighted by atomic mass is 32.2. The second kappa shape index (κ2) is 11.5. The summed E-state index contributed by atoms with van der Waals surface area (Å²) in [5, 5.41) is 1.05. The van der Waals surface area contributed by atoms with Crippen LogP contribution < -0.4 is 0 Å². The maximum absolute atomic E-state index is 5.49. The summed E-state index contributed by atoms with van der Waals surface area (Å²) < 4.78 is 11.0. The molecule has 0 aliphatic carbocycles. The third-order valence-electron chi connectivity index (χ3n) is 3.05. The van der Waals surface area contributed by atoms with Gasteiger partial charge in [-0.1, -0.05) is 27.0 Å². The van der Waals surface area contributed by atoms with Gasteiger partial charge >= 0.3 is 0 Å². The molecule has 0 N–H and O–H groups in total. The van der Waals surface area contributed by atoms with Gasteiger partial charge in [0, 0.05) is 22.6 Å². The van der Waals surface area contributed by atoms with Crippen LogP contribution >= 0.6 is 23.5 Å². The summed E-state index contributed by atoms with van der Waals surface area (Å²) in [6.07, 6.45) is 7.15. The van der Waals surface area contributed by atoms with Crippen LogP contribution in [0.1, 0.15) is 26.7 Å². The molecule has 5 heteroatoms. The third kappa shape index (κ3) is 6.79. The Balaban J connectivity index is 2.60. The van der Waals surface area contributed by atoms with E-state index in [0.29, 0.717) is 0 Å². The number of nitrogens with zero attached hydrogens (tertiary/aromatic N) is 1. The molecular weight excluding hydrogens is 314 g/mol. The number of hydrogen-bond donors (Lipinski definition) is 0. The molecule has 0 spiro atoms. The second-order valence-corrected chi connectivity index (χ2v) is 6.67. The van der Waals surface area contributed by atoms with Gasteiger partial charge in [0.15, 0.2) is 0 Å². The van der Waals surface area contributed by atoms with Gasteiger partial charge in [0.05, 0.1) is 12.5 Å². The van der Waals surface area contributed by atoms with Crippen molar-refractivity contribution in [3.8, 4) is 0 Å². The molecule has 122 valence electrons. The quantitative estimate of drug-likeness (QED) is 0.388. The van der Waals surface area contributed by atoms with Crippen molar-refractivity contribution in [3.05, 3.63) is 44.0 Å². The van der Waals surface area contributed by atoms with Crippen LogP contribution in [0.5, 0.6) is 0 Å². The van der Waals surface area contributed by atoms with Crippen molar-refractivity contribution in [2.45, 2.75) is 48.8 Å². The second-order valence-electron chi connectivity index (χ2n) is 4.59. The minimum absolute atomic E-state index is 0.176. The summed E-state index contributed by atoms with van der Waals surface area (Å²) in [6.45, 7) is 11.5. The molecule has 0 radical (unpaired) electrons. The zero-order chi connectivity index (χ0) is 16.2. The summed E-state index contributed by atoms with van der Waals surface area (Å²) in [7, 11) is 0. The molecular formula is C17H25NO2S2. The molecule has 22 heavy (non-hydrogen) atoms. The Morgan fingerprint density at radius 3 is 2.23 bits per heavy atom. The molecule has 0 bridgehead atoms. The zero-order valence-electron chi connectivity index (χ0n) is 13.4. The number of aromatic nitrogens is 1. The van der Waals surface area contributed by atoms with E-state index in [9.17, 15) is 0 Å². The molecule has 0 amide bonds. The summed E-state index contributed by atoms with van der Waals surface area (Å²) >= 11 is 3.50. The number of thioether (sulfide) groups is 2. The molecule has 1 heterocycles. The van der Waals surface area contributed by atoms with E-state index in [1.54, 1.807) is 23.5 Å². The van der Waals surface area contributed by atoms with Gasteiger partial charge < -0.3 is 9.47 Å². The normalized spacial score (nSPS) is 13.2. The van der Waals surface area contributed by atoms with Gasteiger partial charge in [-0.15, -0.1) is 23.5 Å². The van der Waals surface area contributed by atoms with Gasteiger partial charge in [-0.25, -0.2) is 4.98 Å². The number of rotatable bonds is 12. The van der Waals surface area contributed by atoms with Crippen molar-refractivity contribution in [2.75, 3.05) is 11.5 Å². The highest BCUT2D eigenvalue weighted by Crippen LogP contribution is 2.30. The van der Waals surface area contributed by atoms with Crippen LogP contribution in [0.15, 0.2) is 53.9 Å². The molecule has 2 atom stereocenters. The first kappa shape index (κ1) is 19.0. The molecule has 1 aromatic heterocycles. The molecule has 3 nitrogen and oxygen atoms in total. The van der Waals surface area contributed by atoms with E-state index < -0.39 is 0 Å². The highest BCUT2D eigenvalue weighted by molar-refractivity contribution is 8.02. The monoisotopic (exact) mass is 339 g/mol. The molecule has 0 saturated heterocycles. The molecule has 0 aromatic carbocycles. The van der Waals surface area contributed by atoms with Crippen molar-refractivity contribution < 1.29 is 9.47 Å². The summed E-state index contributed by atoms with van der Waals surface area (Å²) in [4.78, 5) is 5.68. The van der Waals surface area contributed by atoms with E-state index in [1.165, 1.54) is 17.4 Å². The van der Waals surface area contributed by atoms with Crippen molar-refractivity contribution in [2.24, 2.45) is 0 Å². The van der Waals surface area contributed by atoms with E-state index in [-0.39, 0.29) is 12.2 Å². The van der Waals surface area contributed by atoms with E-state index in [4.69, 9.17) is 9.47 Å². The Morgan fingerprint density at radius 1 is 1.09 bits per heavy atom. The molecule has 0 fully saturated rings. The topological polar surface area (TPSA) is 31.4 Å². The van der Waals surface area contributed by atoms with Crippen molar-refractivity contribution in [1.82, 2.24) is 4.98 Å². The number of hydrogen-bond acceptors (Lipinski definition) is 5. The lowest BCUT2D eigenvalue weighted by atomic mass is 10.3. The average Bonchev–Trinajstić information content (AvgIpc) is 2.56. The SMILES string of the molecule is C=COC(CC)CSc1cccnc1SCC(CC)OC=C. The van der Waals surface area contributed by atoms with E-state index in [2.05, 4.69) is 38.1 Å². The Hall–Kier alpha value is -1.07. The minimum atomic E-state index is 0.176. The Kier molecular flexibility index (Phi) is 9.91. The van der Waals surface area contributed by atoms with Gasteiger partial charge in [-0.2, -0.15) is 0 Å². The number of ether oxygens (including phenoxy) is 2. The van der Waals surface area contributed by atoms with Crippen LogP contribution in [-0.4, -0.2) is 28.7 Å². The van der Waals surface area contributed by atoms with Crippen LogP contribution in [0.2, 0.25) is 0 Å². The van der Waals surface area contributed by atoms with E-state index in [1.807, 2.05) is 12.3 Å². The largest absolute Gasteiger partial charge is 0.498 e. The first-order valence-electron chi connectivity index (χ1n) is 7.48. The lowest BCUT2D eigenvalue weighted by Crippen LogP contribution is -2.12. The smallest absolute Gasteiger partial charge is 0.110 e. The lowest BCUT2D eigenvalue weighted by Gasteiger charge is -2.16. The summed E-state index contributed by atoms with van der Waals surface area (Å²) in [5.41, 5.74) is 0. The lowest BCUT2D eigenvalue weighted by molar-refractivity contribution is 0.162. The zero-order valence-corrected chi connectivity index (χ0v) is 15.0. The predicted octanol–water partition coefficient (Wildman–Crippen LogP) is 5.14. The standard InChI is InChI=1S/C17H25NO2S2/c1-5-14(19-7-3)12-21-16-10-9-11-18-17(16)22-13-15(6-2)20-8-4/h7-11,14-15H,3-6,12-13H2,1-2H3. The van der Waals surface area contributed by atoms with Crippen LogP contribution in [-0.2, 0) is 9.47 Å².